The molecular weight excluding hydrogens is 246 g/mol. The van der Waals surface area contributed by atoms with E-state index in [9.17, 15) is 0 Å². The van der Waals surface area contributed by atoms with Crippen LogP contribution in [0.4, 0.5) is 0 Å². The average molecular weight is 277 g/mol. The molecule has 0 bridgehead atoms. The van der Waals surface area contributed by atoms with Gasteiger partial charge in [0, 0.05) is 19.1 Å². The molecule has 0 saturated heterocycles. The van der Waals surface area contributed by atoms with Crippen molar-refractivity contribution < 1.29 is 0 Å². The van der Waals surface area contributed by atoms with Gasteiger partial charge in [0.1, 0.15) is 0 Å². The summed E-state index contributed by atoms with van der Waals surface area (Å²) >= 11 is 0. The second kappa shape index (κ2) is 9.32. The summed E-state index contributed by atoms with van der Waals surface area (Å²) in [6.07, 6.45) is 16.2. The molecule has 0 radical (unpaired) electrons. The zero-order chi connectivity index (χ0) is 14.0. The highest BCUT2D eigenvalue weighted by atomic mass is 14.9. The lowest BCUT2D eigenvalue weighted by molar-refractivity contribution is 0.370. The van der Waals surface area contributed by atoms with Gasteiger partial charge >= 0.3 is 0 Å². The fourth-order valence-electron chi connectivity index (χ4n) is 3.13. The minimum Gasteiger partial charge on any atom is -0.327 e. The summed E-state index contributed by atoms with van der Waals surface area (Å²) in [7, 11) is 0. The molecular formula is C17H31N3. The number of allylic oxidation sites excluding steroid dienone is 1. The van der Waals surface area contributed by atoms with E-state index in [0.717, 1.165) is 32.1 Å². The van der Waals surface area contributed by atoms with Gasteiger partial charge in [0.05, 0.1) is 0 Å². The van der Waals surface area contributed by atoms with Crippen LogP contribution in [0.2, 0.25) is 0 Å². The average Bonchev–Trinajstić information content (AvgIpc) is 2.52. The third-order valence-electron chi connectivity index (χ3n) is 4.48. The first-order valence-electron chi connectivity index (χ1n) is 8.40. The summed E-state index contributed by atoms with van der Waals surface area (Å²) < 4.78 is 0. The minimum absolute atomic E-state index is 0.650. The standard InChI is InChI=1S/C17H31N3/c18-13-15-7-9-16(10-8-15)14-19-11-4-12-20-17-5-2-1-3-6-17/h7-9,16-17,19-20H,1-6,10-14,18H2. The zero-order valence-corrected chi connectivity index (χ0v) is 12.7. The van der Waals surface area contributed by atoms with Gasteiger partial charge < -0.3 is 16.4 Å². The van der Waals surface area contributed by atoms with Crippen LogP contribution in [0.15, 0.2) is 23.8 Å². The summed E-state index contributed by atoms with van der Waals surface area (Å²) in [5, 5.41) is 7.27. The van der Waals surface area contributed by atoms with E-state index in [0.29, 0.717) is 12.5 Å². The lowest BCUT2D eigenvalue weighted by Gasteiger charge is -2.23. The molecule has 2 rings (SSSR count). The SMILES string of the molecule is NCC1=CCC(CNCCCNC2CCCCC2)C=C1. The molecule has 0 amide bonds. The molecule has 2 aliphatic carbocycles. The van der Waals surface area contributed by atoms with Crippen LogP contribution in [0.3, 0.4) is 0 Å². The summed E-state index contributed by atoms with van der Waals surface area (Å²) in [6, 6.07) is 0.796. The lowest BCUT2D eigenvalue weighted by Crippen LogP contribution is -2.33. The maximum atomic E-state index is 5.62. The van der Waals surface area contributed by atoms with Crippen molar-refractivity contribution in [2.24, 2.45) is 11.7 Å². The largest absolute Gasteiger partial charge is 0.327 e. The van der Waals surface area contributed by atoms with E-state index in [-0.39, 0.29) is 0 Å². The summed E-state index contributed by atoms with van der Waals surface area (Å²) in [5.74, 6) is 0.650. The maximum absolute atomic E-state index is 5.62. The molecule has 0 heterocycles. The van der Waals surface area contributed by atoms with E-state index in [1.807, 2.05) is 0 Å². The third kappa shape index (κ3) is 5.78. The maximum Gasteiger partial charge on any atom is 0.0174 e. The van der Waals surface area contributed by atoms with Gasteiger partial charge in [-0.05, 0) is 50.3 Å². The van der Waals surface area contributed by atoms with Crippen LogP contribution in [0.5, 0.6) is 0 Å². The van der Waals surface area contributed by atoms with Gasteiger partial charge in [0.25, 0.3) is 0 Å². The van der Waals surface area contributed by atoms with Crippen LogP contribution in [0.25, 0.3) is 0 Å². The van der Waals surface area contributed by atoms with E-state index >= 15 is 0 Å². The van der Waals surface area contributed by atoms with Gasteiger partial charge in [0.15, 0.2) is 0 Å². The van der Waals surface area contributed by atoms with Crippen molar-refractivity contribution >= 4 is 0 Å². The van der Waals surface area contributed by atoms with Gasteiger partial charge in [-0.1, -0.05) is 37.5 Å². The van der Waals surface area contributed by atoms with Crippen LogP contribution in [-0.2, 0) is 0 Å². The fourth-order valence-corrected chi connectivity index (χ4v) is 3.13. The van der Waals surface area contributed by atoms with E-state index in [1.165, 1.54) is 44.1 Å². The van der Waals surface area contributed by atoms with Crippen molar-refractivity contribution in [1.82, 2.24) is 10.6 Å². The van der Waals surface area contributed by atoms with Crippen molar-refractivity contribution in [3.8, 4) is 0 Å². The molecule has 0 spiro atoms. The Morgan fingerprint density at radius 1 is 1.15 bits per heavy atom. The Balaban J connectivity index is 1.44. The number of nitrogens with one attached hydrogen (secondary N) is 2. The predicted octanol–water partition coefficient (Wildman–Crippen LogP) is 2.35. The Hall–Kier alpha value is -0.640. The Kier molecular flexibility index (Phi) is 7.34. The Morgan fingerprint density at radius 3 is 2.70 bits per heavy atom. The van der Waals surface area contributed by atoms with Crippen molar-refractivity contribution in [3.05, 3.63) is 23.8 Å². The van der Waals surface area contributed by atoms with Crippen molar-refractivity contribution in [2.75, 3.05) is 26.2 Å². The van der Waals surface area contributed by atoms with E-state index < -0.39 is 0 Å². The summed E-state index contributed by atoms with van der Waals surface area (Å²) in [4.78, 5) is 0. The smallest absolute Gasteiger partial charge is 0.0174 e. The molecule has 2 aliphatic rings. The summed E-state index contributed by atoms with van der Waals surface area (Å²) in [6.45, 7) is 4.05. The highest BCUT2D eigenvalue weighted by Gasteiger charge is 2.11. The molecule has 1 fully saturated rings. The zero-order valence-electron chi connectivity index (χ0n) is 12.7. The van der Waals surface area contributed by atoms with Crippen molar-refractivity contribution in [1.29, 1.82) is 0 Å². The number of hydrogen-bond donors (Lipinski definition) is 3. The lowest BCUT2D eigenvalue weighted by atomic mass is 9.95. The van der Waals surface area contributed by atoms with Crippen LogP contribution < -0.4 is 16.4 Å². The van der Waals surface area contributed by atoms with E-state index in [2.05, 4.69) is 28.9 Å². The van der Waals surface area contributed by atoms with Gasteiger partial charge in [0.2, 0.25) is 0 Å². The van der Waals surface area contributed by atoms with Gasteiger partial charge in [-0.3, -0.25) is 0 Å². The highest BCUT2D eigenvalue weighted by Crippen LogP contribution is 2.17. The number of rotatable bonds is 8. The number of hydrogen-bond acceptors (Lipinski definition) is 3. The molecule has 1 atom stereocenters. The van der Waals surface area contributed by atoms with Crippen LogP contribution >= 0.6 is 0 Å². The first-order valence-corrected chi connectivity index (χ1v) is 8.40. The monoisotopic (exact) mass is 277 g/mol. The first-order chi connectivity index (χ1) is 9.88. The molecule has 3 nitrogen and oxygen atoms in total. The molecule has 0 aliphatic heterocycles. The molecule has 1 unspecified atom stereocenters. The third-order valence-corrected chi connectivity index (χ3v) is 4.48. The molecule has 20 heavy (non-hydrogen) atoms. The molecule has 3 heteroatoms. The van der Waals surface area contributed by atoms with Crippen molar-refractivity contribution in [3.63, 3.8) is 0 Å². The second-order valence-electron chi connectivity index (χ2n) is 6.18. The van der Waals surface area contributed by atoms with Gasteiger partial charge in [-0.15, -0.1) is 0 Å². The van der Waals surface area contributed by atoms with Gasteiger partial charge in [-0.25, -0.2) is 0 Å². The molecule has 0 aromatic heterocycles. The normalized spacial score (nSPS) is 23.9. The minimum atomic E-state index is 0.650. The number of nitrogens with two attached hydrogens (primary N) is 1. The quantitative estimate of drug-likeness (QED) is 0.597. The second-order valence-corrected chi connectivity index (χ2v) is 6.18. The predicted molar refractivity (Wildman–Crippen MR) is 86.7 cm³/mol. The van der Waals surface area contributed by atoms with Crippen LogP contribution in [0.1, 0.15) is 44.9 Å². The Morgan fingerprint density at radius 2 is 2.00 bits per heavy atom. The van der Waals surface area contributed by atoms with Crippen molar-refractivity contribution in [2.45, 2.75) is 51.0 Å². The molecule has 114 valence electrons. The highest BCUT2D eigenvalue weighted by molar-refractivity contribution is 5.24. The molecule has 0 aromatic carbocycles. The fraction of sp³-hybridized carbons (Fsp3) is 0.765. The molecule has 1 saturated carbocycles. The van der Waals surface area contributed by atoms with Crippen LogP contribution in [-0.4, -0.2) is 32.2 Å². The topological polar surface area (TPSA) is 50.1 Å². The Labute approximate surface area is 124 Å². The summed E-state index contributed by atoms with van der Waals surface area (Å²) in [5.41, 5.74) is 6.90. The van der Waals surface area contributed by atoms with E-state index in [4.69, 9.17) is 5.73 Å². The molecule has 4 N–H and O–H groups in total. The van der Waals surface area contributed by atoms with Crippen LogP contribution in [0, 0.1) is 5.92 Å². The van der Waals surface area contributed by atoms with E-state index in [1.54, 1.807) is 0 Å². The Bertz CT molecular complexity index is 316. The van der Waals surface area contributed by atoms with Gasteiger partial charge in [-0.2, -0.15) is 0 Å². The first kappa shape index (κ1) is 15.7. The molecule has 0 aromatic rings.